The van der Waals surface area contributed by atoms with Crippen LogP contribution in [0.15, 0.2) is 127 Å². The van der Waals surface area contributed by atoms with Crippen molar-refractivity contribution < 1.29 is 0 Å². The molecule has 36 heavy (non-hydrogen) atoms. The molecule has 1 aromatic heterocycles. The van der Waals surface area contributed by atoms with Gasteiger partial charge in [-0.15, -0.1) is 0 Å². The van der Waals surface area contributed by atoms with E-state index in [1.54, 1.807) is 0 Å². The van der Waals surface area contributed by atoms with Crippen molar-refractivity contribution in [2.24, 2.45) is 0 Å². The molecule has 8 rings (SSSR count). The van der Waals surface area contributed by atoms with Crippen molar-refractivity contribution in [2.75, 3.05) is 0 Å². The van der Waals surface area contributed by atoms with E-state index in [1.807, 2.05) is 0 Å². The van der Waals surface area contributed by atoms with Crippen LogP contribution in [0, 0.1) is 0 Å². The van der Waals surface area contributed by atoms with E-state index in [0.29, 0.717) is 0 Å². The number of rotatable bonds is 1. The number of aromatic nitrogens is 1. The minimum Gasteiger partial charge on any atom is -0.246 e. The van der Waals surface area contributed by atoms with Crippen LogP contribution in [0.5, 0.6) is 0 Å². The average molecular weight is 456 g/mol. The molecule has 0 N–H and O–H groups in total. The Morgan fingerprint density at radius 2 is 0.694 bits per heavy atom. The van der Waals surface area contributed by atoms with Gasteiger partial charge in [0, 0.05) is 27.1 Å². The Morgan fingerprint density at radius 3 is 1.19 bits per heavy atom. The van der Waals surface area contributed by atoms with E-state index >= 15 is 0 Å². The van der Waals surface area contributed by atoms with Crippen molar-refractivity contribution in [3.63, 3.8) is 0 Å². The van der Waals surface area contributed by atoms with Crippen molar-refractivity contribution in [2.45, 2.75) is 0 Å². The lowest BCUT2D eigenvalue weighted by Crippen LogP contribution is -1.93. The third-order valence-electron chi connectivity index (χ3n) is 7.58. The summed E-state index contributed by atoms with van der Waals surface area (Å²) in [6.07, 6.45) is 0. The second-order valence-corrected chi connectivity index (χ2v) is 9.55. The first-order chi connectivity index (χ1) is 17.9. The molecule has 0 saturated heterocycles. The molecule has 1 heterocycles. The molecule has 0 aliphatic carbocycles. The number of hydrogen-bond donors (Lipinski definition) is 0. The van der Waals surface area contributed by atoms with Crippen LogP contribution in [0.25, 0.3) is 76.0 Å². The zero-order valence-corrected chi connectivity index (χ0v) is 19.6. The quantitative estimate of drug-likeness (QED) is 0.177. The monoisotopic (exact) mass is 455 g/mol. The first kappa shape index (κ1) is 19.5. The van der Waals surface area contributed by atoms with E-state index in [-0.39, 0.29) is 0 Å². The molecular formula is C35H21N. The molecule has 0 fully saturated rings. The van der Waals surface area contributed by atoms with Gasteiger partial charge in [-0.2, -0.15) is 0 Å². The van der Waals surface area contributed by atoms with Crippen LogP contribution in [0.2, 0.25) is 0 Å². The highest BCUT2D eigenvalue weighted by atomic mass is 14.7. The summed E-state index contributed by atoms with van der Waals surface area (Å²) in [5.41, 5.74) is 4.67. The lowest BCUT2D eigenvalue weighted by atomic mass is 9.87. The fourth-order valence-corrected chi connectivity index (χ4v) is 5.96. The van der Waals surface area contributed by atoms with E-state index < -0.39 is 0 Å². The van der Waals surface area contributed by atoms with Gasteiger partial charge in [-0.05, 0) is 43.9 Å². The molecule has 8 aromatic rings. The maximum Gasteiger partial charge on any atom is 0.0794 e. The minimum atomic E-state index is 1.06. The SMILES string of the molecule is c1ccc2c(-c3c4ccc5ccccc5c4nc4c3ccc3ccccc34)c3ccccc3cc2c1. The maximum atomic E-state index is 5.38. The number of benzene rings is 7. The summed E-state index contributed by atoms with van der Waals surface area (Å²) < 4.78 is 0. The van der Waals surface area contributed by atoms with Crippen LogP contribution in [-0.2, 0) is 0 Å². The molecule has 0 amide bonds. The Balaban J connectivity index is 1.71. The highest BCUT2D eigenvalue weighted by molar-refractivity contribution is 6.26. The van der Waals surface area contributed by atoms with Gasteiger partial charge in [-0.3, -0.25) is 0 Å². The summed E-state index contributed by atoms with van der Waals surface area (Å²) in [5, 5.41) is 12.2. The summed E-state index contributed by atoms with van der Waals surface area (Å²) in [7, 11) is 0. The van der Waals surface area contributed by atoms with Gasteiger partial charge in [0.15, 0.2) is 0 Å². The lowest BCUT2D eigenvalue weighted by molar-refractivity contribution is 1.53. The molecule has 0 atom stereocenters. The van der Waals surface area contributed by atoms with Gasteiger partial charge < -0.3 is 0 Å². The van der Waals surface area contributed by atoms with Gasteiger partial charge in [-0.25, -0.2) is 4.98 Å². The largest absolute Gasteiger partial charge is 0.246 e. The highest BCUT2D eigenvalue weighted by Gasteiger charge is 2.19. The zero-order valence-electron chi connectivity index (χ0n) is 19.6. The van der Waals surface area contributed by atoms with Crippen molar-refractivity contribution in [1.29, 1.82) is 0 Å². The minimum absolute atomic E-state index is 1.06. The van der Waals surface area contributed by atoms with Gasteiger partial charge in [0.25, 0.3) is 0 Å². The number of hydrogen-bond acceptors (Lipinski definition) is 1. The normalized spacial score (nSPS) is 11.9. The maximum absolute atomic E-state index is 5.38. The molecule has 7 aromatic carbocycles. The molecule has 1 heteroatoms. The fraction of sp³-hybridized carbons (Fsp3) is 0. The lowest BCUT2D eigenvalue weighted by Gasteiger charge is -2.18. The second-order valence-electron chi connectivity index (χ2n) is 9.55. The predicted octanol–water partition coefficient (Wildman–Crippen LogP) is 9.67. The average Bonchev–Trinajstić information content (AvgIpc) is 2.95. The Morgan fingerprint density at radius 1 is 0.306 bits per heavy atom. The molecule has 0 aliphatic rings. The molecule has 166 valence electrons. The van der Waals surface area contributed by atoms with E-state index in [1.165, 1.54) is 65.0 Å². The van der Waals surface area contributed by atoms with Gasteiger partial charge in [0.2, 0.25) is 0 Å². The summed E-state index contributed by atoms with van der Waals surface area (Å²) in [4.78, 5) is 5.38. The molecular weight excluding hydrogens is 434 g/mol. The van der Waals surface area contributed by atoms with Gasteiger partial charge in [0.1, 0.15) is 0 Å². The predicted molar refractivity (Wildman–Crippen MR) is 155 cm³/mol. The summed E-state index contributed by atoms with van der Waals surface area (Å²) in [6, 6.07) is 46.0. The molecule has 0 saturated carbocycles. The summed E-state index contributed by atoms with van der Waals surface area (Å²) in [5.74, 6) is 0. The second kappa shape index (κ2) is 7.37. The first-order valence-electron chi connectivity index (χ1n) is 12.4. The molecule has 0 spiro atoms. The van der Waals surface area contributed by atoms with Gasteiger partial charge in [-0.1, -0.05) is 121 Å². The standard InChI is InChI=1S/C35H21N/c1-7-15-28-22(9-1)17-19-30-33(31-20-18-23-10-2-8-16-29(23)35(31)36-34(28)30)32-26-13-5-3-11-24(26)21-25-12-4-6-14-27(25)32/h1-21H. The molecule has 0 aliphatic heterocycles. The smallest absolute Gasteiger partial charge is 0.0794 e. The first-order valence-corrected chi connectivity index (χ1v) is 12.4. The van der Waals surface area contributed by atoms with E-state index in [0.717, 1.165) is 11.0 Å². The van der Waals surface area contributed by atoms with E-state index in [4.69, 9.17) is 4.98 Å². The number of fused-ring (bicyclic) bond motifs is 8. The molecule has 0 radical (unpaired) electrons. The van der Waals surface area contributed by atoms with Crippen LogP contribution in [0.4, 0.5) is 0 Å². The number of nitrogens with zero attached hydrogens (tertiary/aromatic N) is 1. The molecule has 1 nitrogen and oxygen atoms in total. The van der Waals surface area contributed by atoms with Crippen molar-refractivity contribution in [1.82, 2.24) is 4.98 Å². The topological polar surface area (TPSA) is 12.9 Å². The van der Waals surface area contributed by atoms with Crippen LogP contribution < -0.4 is 0 Å². The summed E-state index contributed by atoms with van der Waals surface area (Å²) >= 11 is 0. The van der Waals surface area contributed by atoms with Crippen LogP contribution >= 0.6 is 0 Å². The van der Waals surface area contributed by atoms with Gasteiger partial charge in [0.05, 0.1) is 11.0 Å². The van der Waals surface area contributed by atoms with Crippen LogP contribution in [0.3, 0.4) is 0 Å². The van der Waals surface area contributed by atoms with Crippen LogP contribution in [-0.4, -0.2) is 4.98 Å². The van der Waals surface area contributed by atoms with E-state index in [9.17, 15) is 0 Å². The van der Waals surface area contributed by atoms with Crippen LogP contribution in [0.1, 0.15) is 0 Å². The molecule has 0 unspecified atom stereocenters. The summed E-state index contributed by atoms with van der Waals surface area (Å²) in [6.45, 7) is 0. The molecule has 0 bridgehead atoms. The Labute approximate surface area is 208 Å². The Bertz CT molecular complexity index is 2010. The third kappa shape index (κ3) is 2.68. The Hall–Kier alpha value is -4.75. The van der Waals surface area contributed by atoms with E-state index in [2.05, 4.69) is 127 Å². The zero-order chi connectivity index (χ0) is 23.6. The van der Waals surface area contributed by atoms with Crippen molar-refractivity contribution in [3.8, 4) is 11.1 Å². The number of pyridine rings is 1. The third-order valence-corrected chi connectivity index (χ3v) is 7.58. The Kier molecular flexibility index (Phi) is 4.00. The van der Waals surface area contributed by atoms with Gasteiger partial charge >= 0.3 is 0 Å². The fourth-order valence-electron chi connectivity index (χ4n) is 5.96. The van der Waals surface area contributed by atoms with Crippen molar-refractivity contribution >= 4 is 64.9 Å². The van der Waals surface area contributed by atoms with Crippen molar-refractivity contribution in [3.05, 3.63) is 127 Å². The highest BCUT2D eigenvalue weighted by Crippen LogP contribution is 2.45.